The Labute approximate surface area is 146 Å². The lowest BCUT2D eigenvalue weighted by Crippen LogP contribution is -2.27. The molecule has 0 saturated carbocycles. The zero-order valence-electron chi connectivity index (χ0n) is 13.3. The lowest BCUT2D eigenvalue weighted by atomic mass is 10.2. The molecule has 0 spiro atoms. The van der Waals surface area contributed by atoms with E-state index < -0.39 is 0 Å². The molecule has 3 nitrogen and oxygen atoms in total. The number of thioether (sulfide) groups is 1. The standard InChI is InChI=1S/C18H20ClNO2S/c1-3-22-16-8-10-17(11-9-16)23-13-18(21)20(2)12-14-4-6-15(19)7-5-14/h4-11H,3,12-13H2,1-2H3. The van der Waals surface area contributed by atoms with E-state index in [0.717, 1.165) is 16.2 Å². The zero-order chi connectivity index (χ0) is 16.7. The molecule has 122 valence electrons. The minimum atomic E-state index is 0.0961. The molecule has 0 atom stereocenters. The van der Waals surface area contributed by atoms with Crippen LogP contribution in [-0.4, -0.2) is 30.2 Å². The normalized spacial score (nSPS) is 10.4. The van der Waals surface area contributed by atoms with E-state index in [2.05, 4.69) is 0 Å². The number of nitrogens with zero attached hydrogens (tertiary/aromatic N) is 1. The highest BCUT2D eigenvalue weighted by Crippen LogP contribution is 2.22. The molecule has 0 unspecified atom stereocenters. The van der Waals surface area contributed by atoms with Gasteiger partial charge in [0.25, 0.3) is 0 Å². The molecule has 0 radical (unpaired) electrons. The SMILES string of the molecule is CCOc1ccc(SCC(=O)N(C)Cc2ccc(Cl)cc2)cc1. The minimum absolute atomic E-state index is 0.0961. The highest BCUT2D eigenvalue weighted by atomic mass is 35.5. The Balaban J connectivity index is 1.82. The van der Waals surface area contributed by atoms with Crippen LogP contribution in [0.3, 0.4) is 0 Å². The van der Waals surface area contributed by atoms with Crippen LogP contribution in [0, 0.1) is 0 Å². The van der Waals surface area contributed by atoms with Crippen molar-refractivity contribution in [3.8, 4) is 5.75 Å². The number of ether oxygens (including phenoxy) is 1. The molecule has 0 aliphatic heterocycles. The third kappa shape index (κ3) is 5.81. The minimum Gasteiger partial charge on any atom is -0.494 e. The van der Waals surface area contributed by atoms with Gasteiger partial charge in [0.05, 0.1) is 12.4 Å². The zero-order valence-corrected chi connectivity index (χ0v) is 14.9. The summed E-state index contributed by atoms with van der Waals surface area (Å²) in [6.07, 6.45) is 0. The molecule has 2 aromatic carbocycles. The number of rotatable bonds is 7. The highest BCUT2D eigenvalue weighted by Gasteiger charge is 2.10. The first kappa shape index (κ1) is 17.7. The van der Waals surface area contributed by atoms with Gasteiger partial charge < -0.3 is 9.64 Å². The van der Waals surface area contributed by atoms with E-state index in [0.29, 0.717) is 23.9 Å². The van der Waals surface area contributed by atoms with E-state index in [9.17, 15) is 4.79 Å². The number of benzene rings is 2. The molecule has 0 heterocycles. The lowest BCUT2D eigenvalue weighted by Gasteiger charge is -2.17. The van der Waals surface area contributed by atoms with Crippen molar-refractivity contribution in [2.45, 2.75) is 18.4 Å². The van der Waals surface area contributed by atoms with E-state index in [4.69, 9.17) is 16.3 Å². The van der Waals surface area contributed by atoms with E-state index in [-0.39, 0.29) is 5.91 Å². The van der Waals surface area contributed by atoms with Gasteiger partial charge in [0.2, 0.25) is 5.91 Å². The molecule has 2 rings (SSSR count). The number of hydrogen-bond acceptors (Lipinski definition) is 3. The van der Waals surface area contributed by atoms with Gasteiger partial charge in [-0.05, 0) is 48.9 Å². The Kier molecular flexibility index (Phi) is 6.81. The molecule has 0 aromatic heterocycles. The second-order valence-electron chi connectivity index (χ2n) is 5.07. The number of hydrogen-bond donors (Lipinski definition) is 0. The third-order valence-corrected chi connectivity index (χ3v) is 4.50. The van der Waals surface area contributed by atoms with Gasteiger partial charge in [0.1, 0.15) is 5.75 Å². The van der Waals surface area contributed by atoms with Crippen molar-refractivity contribution in [2.24, 2.45) is 0 Å². The molecular formula is C18H20ClNO2S. The maximum absolute atomic E-state index is 12.2. The van der Waals surface area contributed by atoms with Gasteiger partial charge in [0, 0.05) is 23.5 Å². The molecule has 0 saturated heterocycles. The van der Waals surface area contributed by atoms with Crippen LogP contribution in [0.4, 0.5) is 0 Å². The molecule has 0 aliphatic carbocycles. The summed E-state index contributed by atoms with van der Waals surface area (Å²) in [6.45, 7) is 3.19. The first-order chi connectivity index (χ1) is 11.1. The molecule has 0 N–H and O–H groups in total. The summed E-state index contributed by atoms with van der Waals surface area (Å²) in [6, 6.07) is 15.3. The topological polar surface area (TPSA) is 29.5 Å². The average molecular weight is 350 g/mol. The van der Waals surface area contributed by atoms with Crippen LogP contribution in [0.1, 0.15) is 12.5 Å². The molecule has 1 amide bonds. The molecule has 0 bridgehead atoms. The highest BCUT2D eigenvalue weighted by molar-refractivity contribution is 8.00. The molecule has 2 aromatic rings. The van der Waals surface area contributed by atoms with Crippen molar-refractivity contribution in [3.05, 3.63) is 59.1 Å². The van der Waals surface area contributed by atoms with Crippen LogP contribution >= 0.6 is 23.4 Å². The van der Waals surface area contributed by atoms with Crippen LogP contribution in [0.15, 0.2) is 53.4 Å². The maximum Gasteiger partial charge on any atom is 0.232 e. The molecule has 5 heteroatoms. The van der Waals surface area contributed by atoms with Gasteiger partial charge in [-0.3, -0.25) is 4.79 Å². The monoisotopic (exact) mass is 349 g/mol. The summed E-state index contributed by atoms with van der Waals surface area (Å²) in [5.41, 5.74) is 1.07. The Morgan fingerprint density at radius 3 is 2.39 bits per heavy atom. The number of amides is 1. The van der Waals surface area contributed by atoms with Crippen molar-refractivity contribution in [1.29, 1.82) is 0 Å². The molecular weight excluding hydrogens is 330 g/mol. The fourth-order valence-corrected chi connectivity index (χ4v) is 2.97. The fraction of sp³-hybridized carbons (Fsp3) is 0.278. The summed E-state index contributed by atoms with van der Waals surface area (Å²) in [7, 11) is 1.82. The first-order valence-electron chi connectivity index (χ1n) is 7.42. The molecule has 0 fully saturated rings. The van der Waals surface area contributed by atoms with Gasteiger partial charge in [-0.15, -0.1) is 11.8 Å². The van der Waals surface area contributed by atoms with Crippen molar-refractivity contribution in [1.82, 2.24) is 4.90 Å². The average Bonchev–Trinajstić information content (AvgIpc) is 2.56. The van der Waals surface area contributed by atoms with E-state index in [1.54, 1.807) is 4.90 Å². The number of carbonyl (C=O) groups excluding carboxylic acids is 1. The van der Waals surface area contributed by atoms with Crippen LogP contribution < -0.4 is 4.74 Å². The largest absolute Gasteiger partial charge is 0.494 e. The summed E-state index contributed by atoms with van der Waals surface area (Å²) < 4.78 is 5.41. The summed E-state index contributed by atoms with van der Waals surface area (Å²) in [5.74, 6) is 1.36. The third-order valence-electron chi connectivity index (χ3n) is 3.26. The lowest BCUT2D eigenvalue weighted by molar-refractivity contribution is -0.127. The van der Waals surface area contributed by atoms with Gasteiger partial charge in [-0.1, -0.05) is 23.7 Å². The van der Waals surface area contributed by atoms with Crippen molar-refractivity contribution in [2.75, 3.05) is 19.4 Å². The predicted octanol–water partition coefficient (Wildman–Crippen LogP) is 4.49. The van der Waals surface area contributed by atoms with Crippen LogP contribution in [0.25, 0.3) is 0 Å². The predicted molar refractivity (Wildman–Crippen MR) is 96.3 cm³/mol. The number of halogens is 1. The summed E-state index contributed by atoms with van der Waals surface area (Å²) >= 11 is 7.40. The van der Waals surface area contributed by atoms with Crippen molar-refractivity contribution < 1.29 is 9.53 Å². The van der Waals surface area contributed by atoms with Gasteiger partial charge in [-0.25, -0.2) is 0 Å². The Morgan fingerprint density at radius 2 is 1.78 bits per heavy atom. The Bertz CT molecular complexity index is 628. The Hall–Kier alpha value is -1.65. The van der Waals surface area contributed by atoms with Crippen molar-refractivity contribution >= 4 is 29.3 Å². The van der Waals surface area contributed by atoms with Gasteiger partial charge >= 0.3 is 0 Å². The summed E-state index contributed by atoms with van der Waals surface area (Å²) in [4.78, 5) is 15.0. The Morgan fingerprint density at radius 1 is 1.13 bits per heavy atom. The first-order valence-corrected chi connectivity index (χ1v) is 8.79. The molecule has 23 heavy (non-hydrogen) atoms. The summed E-state index contributed by atoms with van der Waals surface area (Å²) in [5, 5.41) is 0.703. The van der Waals surface area contributed by atoms with E-state index >= 15 is 0 Å². The number of carbonyl (C=O) groups is 1. The molecule has 0 aliphatic rings. The maximum atomic E-state index is 12.2. The smallest absolute Gasteiger partial charge is 0.232 e. The fourth-order valence-electron chi connectivity index (χ4n) is 2.01. The van der Waals surface area contributed by atoms with Gasteiger partial charge in [-0.2, -0.15) is 0 Å². The van der Waals surface area contributed by atoms with Crippen LogP contribution in [-0.2, 0) is 11.3 Å². The van der Waals surface area contributed by atoms with E-state index in [1.165, 1.54) is 11.8 Å². The van der Waals surface area contributed by atoms with E-state index in [1.807, 2.05) is 62.5 Å². The second-order valence-corrected chi connectivity index (χ2v) is 6.55. The van der Waals surface area contributed by atoms with Crippen LogP contribution in [0.2, 0.25) is 5.02 Å². The van der Waals surface area contributed by atoms with Crippen molar-refractivity contribution in [3.63, 3.8) is 0 Å². The second kappa shape index (κ2) is 8.85. The van der Waals surface area contributed by atoms with Gasteiger partial charge in [0.15, 0.2) is 0 Å². The van der Waals surface area contributed by atoms with Crippen LogP contribution in [0.5, 0.6) is 5.75 Å². The quantitative estimate of drug-likeness (QED) is 0.690.